The summed E-state index contributed by atoms with van der Waals surface area (Å²) < 4.78 is 6.57. The Hall–Kier alpha value is -1.67. The van der Waals surface area contributed by atoms with Crippen molar-refractivity contribution in [3.8, 4) is 11.5 Å². The molecule has 0 spiro atoms. The van der Waals surface area contributed by atoms with Crippen molar-refractivity contribution in [3.63, 3.8) is 0 Å². The van der Waals surface area contributed by atoms with Gasteiger partial charge in [-0.2, -0.15) is 10.3 Å². The minimum Gasteiger partial charge on any atom is -0.420 e. The fraction of sp³-hybridized carbons (Fsp3) is 0.0909. The molecule has 0 saturated carbocycles. The highest BCUT2D eigenvalue weighted by atomic mass is 79.9. The van der Waals surface area contributed by atoms with Gasteiger partial charge in [0.25, 0.3) is 0 Å². The number of aromatic nitrogens is 5. The fourth-order valence-electron chi connectivity index (χ4n) is 1.45. The lowest BCUT2D eigenvalue weighted by atomic mass is 10.2. The highest BCUT2D eigenvalue weighted by Crippen LogP contribution is 2.24. The van der Waals surface area contributed by atoms with E-state index in [2.05, 4.69) is 41.5 Å². The third-order valence-electron chi connectivity index (χ3n) is 2.27. The van der Waals surface area contributed by atoms with Crippen LogP contribution in [0.25, 0.3) is 11.5 Å². The molecule has 0 unspecified atom stereocenters. The van der Waals surface area contributed by atoms with Gasteiger partial charge in [0.15, 0.2) is 0 Å². The Bertz CT molecular complexity index is 669. The van der Waals surface area contributed by atoms with E-state index in [1.54, 1.807) is 6.20 Å². The van der Waals surface area contributed by atoms with Gasteiger partial charge in [-0.25, -0.2) is 0 Å². The lowest BCUT2D eigenvalue weighted by Gasteiger charge is -1.95. The molecule has 96 valence electrons. The van der Waals surface area contributed by atoms with Crippen LogP contribution >= 0.6 is 27.7 Å². The normalized spacial score (nSPS) is 10.8. The highest BCUT2D eigenvalue weighted by Gasteiger charge is 2.09. The molecule has 19 heavy (non-hydrogen) atoms. The van der Waals surface area contributed by atoms with Crippen molar-refractivity contribution in [3.05, 3.63) is 40.8 Å². The van der Waals surface area contributed by atoms with Gasteiger partial charge in [-0.15, -0.1) is 15.3 Å². The van der Waals surface area contributed by atoms with Gasteiger partial charge in [0.05, 0.1) is 11.9 Å². The molecule has 0 saturated heterocycles. The first-order chi connectivity index (χ1) is 9.31. The molecule has 0 radical (unpaired) electrons. The van der Waals surface area contributed by atoms with Gasteiger partial charge in [0.1, 0.15) is 5.03 Å². The summed E-state index contributed by atoms with van der Waals surface area (Å²) in [5.74, 6) is 1.63. The third-order valence-corrected chi connectivity index (χ3v) is 3.65. The first-order valence-corrected chi connectivity index (χ1v) is 7.16. The molecule has 3 aromatic rings. The number of halogens is 1. The molecular weight excluding hydrogens is 330 g/mol. The lowest BCUT2D eigenvalue weighted by molar-refractivity contribution is 0.528. The number of hydrogen-bond donors (Lipinski definition) is 1. The van der Waals surface area contributed by atoms with Crippen molar-refractivity contribution in [1.82, 2.24) is 25.6 Å². The Morgan fingerprint density at radius 1 is 1.32 bits per heavy atom. The molecule has 2 heterocycles. The summed E-state index contributed by atoms with van der Waals surface area (Å²) >= 11 is 4.89. The summed E-state index contributed by atoms with van der Waals surface area (Å²) in [7, 11) is 0. The molecule has 0 atom stereocenters. The number of benzene rings is 1. The minimum absolute atomic E-state index is 0.511. The fourth-order valence-corrected chi connectivity index (χ4v) is 2.47. The van der Waals surface area contributed by atoms with Gasteiger partial charge < -0.3 is 4.42 Å². The Labute approximate surface area is 121 Å². The van der Waals surface area contributed by atoms with E-state index in [1.807, 2.05) is 24.3 Å². The van der Waals surface area contributed by atoms with Gasteiger partial charge in [-0.3, -0.25) is 0 Å². The maximum atomic E-state index is 5.60. The smallest absolute Gasteiger partial charge is 0.247 e. The molecule has 0 bridgehead atoms. The molecule has 1 N–H and O–H groups in total. The van der Waals surface area contributed by atoms with Crippen LogP contribution in [0.5, 0.6) is 0 Å². The Kier molecular flexibility index (Phi) is 3.60. The molecule has 2 aromatic heterocycles. The maximum Gasteiger partial charge on any atom is 0.247 e. The van der Waals surface area contributed by atoms with Gasteiger partial charge in [-0.05, 0) is 18.2 Å². The van der Waals surface area contributed by atoms with Gasteiger partial charge in [-0.1, -0.05) is 33.8 Å². The molecule has 0 amide bonds. The quantitative estimate of drug-likeness (QED) is 0.737. The van der Waals surface area contributed by atoms with Crippen molar-refractivity contribution >= 4 is 27.7 Å². The molecule has 0 aliphatic heterocycles. The van der Waals surface area contributed by atoms with Crippen molar-refractivity contribution in [1.29, 1.82) is 0 Å². The van der Waals surface area contributed by atoms with Crippen LogP contribution in [-0.4, -0.2) is 25.6 Å². The second-order valence-corrected chi connectivity index (χ2v) is 5.52. The van der Waals surface area contributed by atoms with Crippen LogP contribution in [0.1, 0.15) is 5.89 Å². The highest BCUT2D eigenvalue weighted by molar-refractivity contribution is 9.10. The summed E-state index contributed by atoms with van der Waals surface area (Å²) in [6, 6.07) is 7.73. The van der Waals surface area contributed by atoms with Crippen LogP contribution in [-0.2, 0) is 5.75 Å². The van der Waals surface area contributed by atoms with E-state index < -0.39 is 0 Å². The lowest BCUT2D eigenvalue weighted by Crippen LogP contribution is -1.80. The van der Waals surface area contributed by atoms with E-state index in [9.17, 15) is 0 Å². The zero-order valence-electron chi connectivity index (χ0n) is 9.58. The molecule has 6 nitrogen and oxygen atoms in total. The van der Waals surface area contributed by atoms with Crippen LogP contribution in [0.4, 0.5) is 0 Å². The predicted octanol–water partition coefficient (Wildman–Crippen LogP) is 2.91. The van der Waals surface area contributed by atoms with Crippen molar-refractivity contribution in [2.24, 2.45) is 0 Å². The standard InChI is InChI=1S/C11H8BrN5OS/c12-8-3-1-2-7(4-8)11-16-14-9(18-11)6-19-10-5-13-17-15-10/h1-5H,6H2,(H,13,15,17). The molecule has 0 aliphatic carbocycles. The Morgan fingerprint density at radius 2 is 2.26 bits per heavy atom. The summed E-state index contributed by atoms with van der Waals surface area (Å²) in [6.07, 6.45) is 1.65. The zero-order chi connectivity index (χ0) is 13.1. The topological polar surface area (TPSA) is 80.5 Å². The summed E-state index contributed by atoms with van der Waals surface area (Å²) in [5.41, 5.74) is 0.888. The molecular formula is C11H8BrN5OS. The van der Waals surface area contributed by atoms with Crippen LogP contribution in [0.3, 0.4) is 0 Å². The molecule has 3 rings (SSSR count). The summed E-state index contributed by atoms with van der Waals surface area (Å²) in [4.78, 5) is 0. The van der Waals surface area contributed by atoms with Crippen LogP contribution in [0.15, 0.2) is 44.4 Å². The average molecular weight is 338 g/mol. The van der Waals surface area contributed by atoms with E-state index in [-0.39, 0.29) is 0 Å². The molecule has 0 aliphatic rings. The SMILES string of the molecule is Brc1cccc(-c2nnc(CSc3cn[nH]n3)o2)c1. The number of nitrogens with one attached hydrogen (secondary N) is 1. The van der Waals surface area contributed by atoms with Gasteiger partial charge in [0.2, 0.25) is 11.8 Å². The minimum atomic E-state index is 0.511. The van der Waals surface area contributed by atoms with Crippen molar-refractivity contribution in [2.45, 2.75) is 10.8 Å². The maximum absolute atomic E-state index is 5.60. The summed E-state index contributed by atoms with van der Waals surface area (Å²) in [5, 5.41) is 19.1. The largest absolute Gasteiger partial charge is 0.420 e. The molecule has 0 fully saturated rings. The van der Waals surface area contributed by atoms with E-state index in [4.69, 9.17) is 4.42 Å². The first-order valence-electron chi connectivity index (χ1n) is 5.38. The zero-order valence-corrected chi connectivity index (χ0v) is 12.0. The number of aromatic amines is 1. The van der Waals surface area contributed by atoms with E-state index in [1.165, 1.54) is 11.8 Å². The monoisotopic (exact) mass is 337 g/mol. The molecule has 8 heteroatoms. The van der Waals surface area contributed by atoms with E-state index >= 15 is 0 Å². The van der Waals surface area contributed by atoms with Crippen LogP contribution < -0.4 is 0 Å². The third kappa shape index (κ3) is 3.02. The average Bonchev–Trinajstić information content (AvgIpc) is 3.08. The van der Waals surface area contributed by atoms with E-state index in [0.29, 0.717) is 17.5 Å². The number of nitrogens with zero attached hydrogens (tertiary/aromatic N) is 4. The van der Waals surface area contributed by atoms with Gasteiger partial charge in [0, 0.05) is 10.0 Å². The van der Waals surface area contributed by atoms with Crippen molar-refractivity contribution in [2.75, 3.05) is 0 Å². The van der Waals surface area contributed by atoms with E-state index in [0.717, 1.165) is 15.1 Å². The van der Waals surface area contributed by atoms with Crippen LogP contribution in [0, 0.1) is 0 Å². The number of hydrogen-bond acceptors (Lipinski definition) is 6. The second-order valence-electron chi connectivity index (χ2n) is 3.61. The van der Waals surface area contributed by atoms with Crippen LogP contribution in [0.2, 0.25) is 0 Å². The van der Waals surface area contributed by atoms with Gasteiger partial charge >= 0.3 is 0 Å². The Morgan fingerprint density at radius 3 is 3.05 bits per heavy atom. The second kappa shape index (κ2) is 5.54. The Balaban J connectivity index is 1.72. The predicted molar refractivity (Wildman–Crippen MR) is 73.4 cm³/mol. The molecule has 1 aromatic carbocycles. The number of thioether (sulfide) groups is 1. The first kappa shape index (κ1) is 12.4. The number of H-pyrrole nitrogens is 1. The summed E-state index contributed by atoms with van der Waals surface area (Å²) in [6.45, 7) is 0. The van der Waals surface area contributed by atoms with Crippen molar-refractivity contribution < 1.29 is 4.42 Å². The number of rotatable bonds is 4.